The van der Waals surface area contributed by atoms with Crippen LogP contribution in [0.5, 0.6) is 0 Å². The Morgan fingerprint density at radius 2 is 1.88 bits per heavy atom. The van der Waals surface area contributed by atoms with Crippen LogP contribution in [0.3, 0.4) is 0 Å². The Bertz CT molecular complexity index is 403. The van der Waals surface area contributed by atoms with E-state index in [-0.39, 0.29) is 23.2 Å². The summed E-state index contributed by atoms with van der Waals surface area (Å²) in [5.74, 6) is -0.509. The molecule has 0 radical (unpaired) electrons. The van der Waals surface area contributed by atoms with Crippen LogP contribution in [0.2, 0.25) is 0 Å². The van der Waals surface area contributed by atoms with E-state index in [0.29, 0.717) is 0 Å². The van der Waals surface area contributed by atoms with Crippen molar-refractivity contribution >= 4 is 5.91 Å². The van der Waals surface area contributed by atoms with Crippen LogP contribution in [-0.2, 0) is 4.79 Å². The van der Waals surface area contributed by atoms with Crippen molar-refractivity contribution < 1.29 is 9.18 Å². The van der Waals surface area contributed by atoms with Crippen molar-refractivity contribution in [2.75, 3.05) is 0 Å². The number of amides is 1. The minimum absolute atomic E-state index is 0.156. The molecule has 2 nitrogen and oxygen atoms in total. The van der Waals surface area contributed by atoms with Crippen molar-refractivity contribution in [2.45, 2.75) is 26.8 Å². The van der Waals surface area contributed by atoms with Crippen molar-refractivity contribution in [3.05, 3.63) is 48.3 Å². The highest BCUT2D eigenvalue weighted by Gasteiger charge is 2.27. The second kappa shape index (κ2) is 5.13. The maximum absolute atomic E-state index is 12.9. The van der Waals surface area contributed by atoms with Crippen molar-refractivity contribution in [2.24, 2.45) is 5.41 Å². The number of benzene rings is 1. The highest BCUT2D eigenvalue weighted by Crippen LogP contribution is 2.32. The molecule has 1 amide bonds. The lowest BCUT2D eigenvalue weighted by molar-refractivity contribution is -0.118. The summed E-state index contributed by atoms with van der Waals surface area (Å²) in [4.78, 5) is 11.4. The van der Waals surface area contributed by atoms with Gasteiger partial charge in [0.2, 0.25) is 5.91 Å². The topological polar surface area (TPSA) is 29.1 Å². The third kappa shape index (κ3) is 3.70. The maximum atomic E-state index is 12.9. The zero-order valence-corrected chi connectivity index (χ0v) is 10.5. The summed E-state index contributed by atoms with van der Waals surface area (Å²) in [6, 6.07) is 6.00. The minimum Gasteiger partial charge on any atom is -0.345 e. The summed E-state index contributed by atoms with van der Waals surface area (Å²) < 4.78 is 12.9. The molecular weight excluding hydrogens is 217 g/mol. The van der Waals surface area contributed by atoms with Crippen LogP contribution < -0.4 is 5.32 Å². The van der Waals surface area contributed by atoms with Gasteiger partial charge in [-0.15, -0.1) is 0 Å². The smallest absolute Gasteiger partial charge is 0.243 e. The van der Waals surface area contributed by atoms with Gasteiger partial charge in [-0.05, 0) is 29.2 Å². The Morgan fingerprint density at radius 1 is 1.35 bits per heavy atom. The number of nitrogens with one attached hydrogen (secondary N) is 1. The maximum Gasteiger partial charge on any atom is 0.243 e. The molecule has 1 aromatic carbocycles. The lowest BCUT2D eigenvalue weighted by Crippen LogP contribution is -2.35. The largest absolute Gasteiger partial charge is 0.345 e. The zero-order chi connectivity index (χ0) is 13.1. The van der Waals surface area contributed by atoms with Gasteiger partial charge in [0.15, 0.2) is 0 Å². The zero-order valence-electron chi connectivity index (χ0n) is 10.5. The predicted molar refractivity (Wildman–Crippen MR) is 66.9 cm³/mol. The number of hydrogen-bond donors (Lipinski definition) is 1. The summed E-state index contributed by atoms with van der Waals surface area (Å²) in [5, 5.41) is 2.86. The fourth-order valence-electron chi connectivity index (χ4n) is 1.66. The molecule has 1 atom stereocenters. The van der Waals surface area contributed by atoms with E-state index in [2.05, 4.69) is 11.9 Å². The molecule has 0 aliphatic carbocycles. The summed E-state index contributed by atoms with van der Waals surface area (Å²) >= 11 is 0. The first kappa shape index (κ1) is 13.4. The SMILES string of the molecule is C=CC(=O)NC(c1ccc(F)cc1)C(C)(C)C. The molecule has 0 aliphatic rings. The Morgan fingerprint density at radius 3 is 2.29 bits per heavy atom. The molecule has 0 spiro atoms. The van der Waals surface area contributed by atoms with Gasteiger partial charge in [0.05, 0.1) is 6.04 Å². The van der Waals surface area contributed by atoms with Crippen molar-refractivity contribution in [1.82, 2.24) is 5.32 Å². The third-order valence-electron chi connectivity index (χ3n) is 2.54. The third-order valence-corrected chi connectivity index (χ3v) is 2.54. The van der Waals surface area contributed by atoms with Crippen LogP contribution in [0, 0.1) is 11.2 Å². The van der Waals surface area contributed by atoms with Gasteiger partial charge in [-0.25, -0.2) is 4.39 Å². The molecule has 0 saturated carbocycles. The minimum atomic E-state index is -0.281. The molecule has 0 bridgehead atoms. The van der Waals surface area contributed by atoms with E-state index in [1.54, 1.807) is 12.1 Å². The normalized spacial score (nSPS) is 12.9. The number of hydrogen-bond acceptors (Lipinski definition) is 1. The fourth-order valence-corrected chi connectivity index (χ4v) is 1.66. The standard InChI is InChI=1S/C14H18FNO/c1-5-12(17)16-13(14(2,3)4)10-6-8-11(15)9-7-10/h5-9,13H,1H2,2-4H3,(H,16,17). The first-order valence-electron chi connectivity index (χ1n) is 5.53. The first-order valence-corrected chi connectivity index (χ1v) is 5.53. The summed E-state index contributed by atoms with van der Waals surface area (Å²) in [6.07, 6.45) is 1.24. The van der Waals surface area contributed by atoms with Crippen molar-refractivity contribution in [3.8, 4) is 0 Å². The average molecular weight is 235 g/mol. The molecule has 0 heterocycles. The van der Waals surface area contributed by atoms with E-state index < -0.39 is 0 Å². The quantitative estimate of drug-likeness (QED) is 0.801. The fraction of sp³-hybridized carbons (Fsp3) is 0.357. The van der Waals surface area contributed by atoms with Gasteiger partial charge < -0.3 is 5.32 Å². The number of carbonyl (C=O) groups excluding carboxylic acids is 1. The predicted octanol–water partition coefficient (Wildman–Crippen LogP) is 3.22. The van der Waals surface area contributed by atoms with Gasteiger partial charge in [0.25, 0.3) is 0 Å². The van der Waals surface area contributed by atoms with E-state index in [1.807, 2.05) is 20.8 Å². The van der Waals surface area contributed by atoms with Crippen molar-refractivity contribution in [1.29, 1.82) is 0 Å². The first-order chi connectivity index (χ1) is 7.84. The van der Waals surface area contributed by atoms with E-state index in [0.717, 1.165) is 5.56 Å². The van der Waals surface area contributed by atoms with Gasteiger partial charge in [-0.3, -0.25) is 4.79 Å². The van der Waals surface area contributed by atoms with Crippen LogP contribution >= 0.6 is 0 Å². The van der Waals surface area contributed by atoms with Crippen LogP contribution in [0.15, 0.2) is 36.9 Å². The molecule has 1 unspecified atom stereocenters. The Balaban J connectivity index is 3.02. The summed E-state index contributed by atoms with van der Waals surface area (Å²) in [7, 11) is 0. The number of halogens is 1. The summed E-state index contributed by atoms with van der Waals surface area (Å²) in [5.41, 5.74) is 0.727. The van der Waals surface area contributed by atoms with Gasteiger partial charge >= 0.3 is 0 Å². The molecule has 0 saturated heterocycles. The van der Waals surface area contributed by atoms with E-state index in [4.69, 9.17) is 0 Å². The van der Waals surface area contributed by atoms with Gasteiger partial charge in [-0.1, -0.05) is 39.5 Å². The molecule has 17 heavy (non-hydrogen) atoms. The Hall–Kier alpha value is -1.64. The van der Waals surface area contributed by atoms with Gasteiger partial charge in [0.1, 0.15) is 5.82 Å². The Labute approximate surface area is 102 Å². The molecule has 0 fully saturated rings. The number of carbonyl (C=O) groups is 1. The molecule has 0 aliphatic heterocycles. The van der Waals surface area contributed by atoms with Gasteiger partial charge in [-0.2, -0.15) is 0 Å². The van der Waals surface area contributed by atoms with E-state index >= 15 is 0 Å². The lowest BCUT2D eigenvalue weighted by atomic mass is 9.82. The van der Waals surface area contributed by atoms with Crippen LogP contribution in [0.4, 0.5) is 4.39 Å². The van der Waals surface area contributed by atoms with Crippen LogP contribution in [-0.4, -0.2) is 5.91 Å². The molecule has 0 aromatic heterocycles. The van der Waals surface area contributed by atoms with Crippen molar-refractivity contribution in [3.63, 3.8) is 0 Å². The molecule has 1 N–H and O–H groups in total. The average Bonchev–Trinajstić information content (AvgIpc) is 2.25. The van der Waals surface area contributed by atoms with E-state index in [9.17, 15) is 9.18 Å². The summed E-state index contributed by atoms with van der Waals surface area (Å²) in [6.45, 7) is 9.49. The molecule has 3 heteroatoms. The highest BCUT2D eigenvalue weighted by atomic mass is 19.1. The second-order valence-corrected chi connectivity index (χ2v) is 5.06. The Kier molecular flexibility index (Phi) is 4.05. The molecule has 1 aromatic rings. The molecule has 92 valence electrons. The lowest BCUT2D eigenvalue weighted by Gasteiger charge is -2.31. The van der Waals surface area contributed by atoms with E-state index in [1.165, 1.54) is 18.2 Å². The monoisotopic (exact) mass is 235 g/mol. The van der Waals surface area contributed by atoms with Gasteiger partial charge in [0, 0.05) is 0 Å². The highest BCUT2D eigenvalue weighted by molar-refractivity contribution is 5.87. The van der Waals surface area contributed by atoms with Crippen LogP contribution in [0.1, 0.15) is 32.4 Å². The molecule has 1 rings (SSSR count). The molecular formula is C14H18FNO. The number of rotatable bonds is 3. The van der Waals surface area contributed by atoms with Crippen LogP contribution in [0.25, 0.3) is 0 Å². The second-order valence-electron chi connectivity index (χ2n) is 5.06.